The molecule has 0 radical (unpaired) electrons. The van der Waals surface area contributed by atoms with E-state index in [-0.39, 0.29) is 36.6 Å². The number of ether oxygens (including phenoxy) is 2. The van der Waals surface area contributed by atoms with E-state index < -0.39 is 32.2 Å². The number of hydrogen-bond acceptors (Lipinski definition) is 7. The number of amides is 2. The molecule has 33 heavy (non-hydrogen) atoms. The number of nitrogens with one attached hydrogen (secondary N) is 1. The number of likely N-dealkylation sites (tertiary alicyclic amines) is 1. The Labute approximate surface area is 193 Å². The summed E-state index contributed by atoms with van der Waals surface area (Å²) < 4.78 is 36.8. The topological polar surface area (TPSA) is 122 Å². The largest absolute Gasteiger partial charge is 0.456 e. The minimum Gasteiger partial charge on any atom is -0.456 e. The van der Waals surface area contributed by atoms with E-state index in [4.69, 9.17) is 9.47 Å². The van der Waals surface area contributed by atoms with E-state index >= 15 is 0 Å². The van der Waals surface area contributed by atoms with Gasteiger partial charge in [-0.2, -0.15) is 0 Å². The van der Waals surface area contributed by atoms with Crippen molar-refractivity contribution in [1.29, 1.82) is 0 Å². The Balaban J connectivity index is 1.95. The zero-order valence-electron chi connectivity index (χ0n) is 18.8. The molecular formula is C23H28N2O7S. The van der Waals surface area contributed by atoms with Crippen molar-refractivity contribution >= 4 is 21.8 Å². The van der Waals surface area contributed by atoms with E-state index in [1.54, 1.807) is 57.2 Å². The van der Waals surface area contributed by atoms with Crippen LogP contribution in [-0.2, 0) is 19.4 Å². The van der Waals surface area contributed by atoms with Gasteiger partial charge in [-0.25, -0.2) is 18.7 Å². The normalized spacial score (nSPS) is 16.1. The predicted octanol–water partition coefficient (Wildman–Crippen LogP) is 3.53. The van der Waals surface area contributed by atoms with Gasteiger partial charge in [0, 0.05) is 13.1 Å². The van der Waals surface area contributed by atoms with E-state index in [1.165, 1.54) is 28.6 Å². The molecule has 2 aromatic rings. The highest BCUT2D eigenvalue weighted by molar-refractivity contribution is 7.93. The molecule has 0 spiro atoms. The Hall–Kier alpha value is -3.11. The molecule has 0 atom stereocenters. The number of hydroxylamine groups is 1. The lowest BCUT2D eigenvalue weighted by Gasteiger charge is -2.39. The van der Waals surface area contributed by atoms with Crippen LogP contribution in [0.1, 0.15) is 33.6 Å². The Morgan fingerprint density at radius 1 is 1.00 bits per heavy atom. The molecule has 2 N–H and O–H groups in total. The first kappa shape index (κ1) is 24.5. The van der Waals surface area contributed by atoms with Crippen LogP contribution in [-0.4, -0.2) is 54.0 Å². The highest BCUT2D eigenvalue weighted by Crippen LogP contribution is 2.40. The summed E-state index contributed by atoms with van der Waals surface area (Å²) in [5, 5.41) is 9.39. The maximum atomic E-state index is 13.8. The van der Waals surface area contributed by atoms with Crippen molar-refractivity contribution in [3.8, 4) is 11.5 Å². The lowest BCUT2D eigenvalue weighted by Crippen LogP contribution is -2.58. The van der Waals surface area contributed by atoms with Crippen molar-refractivity contribution < 1.29 is 32.7 Å². The van der Waals surface area contributed by atoms with Crippen LogP contribution in [0.3, 0.4) is 0 Å². The molecule has 2 amide bonds. The maximum Gasteiger partial charge on any atom is 0.410 e. The van der Waals surface area contributed by atoms with Gasteiger partial charge in [-0.15, -0.1) is 0 Å². The van der Waals surface area contributed by atoms with E-state index in [2.05, 4.69) is 0 Å². The van der Waals surface area contributed by atoms with Crippen LogP contribution in [0.15, 0.2) is 59.5 Å². The van der Waals surface area contributed by atoms with Crippen LogP contribution >= 0.6 is 0 Å². The zero-order valence-corrected chi connectivity index (χ0v) is 19.6. The summed E-state index contributed by atoms with van der Waals surface area (Å²) >= 11 is 0. The Kier molecular flexibility index (Phi) is 6.99. The number of sulfone groups is 1. The average Bonchev–Trinajstić information content (AvgIpc) is 2.78. The molecule has 0 aromatic heterocycles. The SMILES string of the molecule is CC(C)(C)OC(=O)N1CCC(C(=O)NO)(S(=O)(=O)c2ccccc2Oc2ccccc2)CC1. The number of benzene rings is 2. The third-order valence-electron chi connectivity index (χ3n) is 5.36. The minimum atomic E-state index is -4.35. The standard InChI is InChI=1S/C23H28N2O7S/c1-22(2,3)32-21(27)25-15-13-23(14-16-25,20(26)24-28)33(29,30)19-12-8-7-11-18(19)31-17-9-5-4-6-10-17/h4-12,28H,13-16H2,1-3H3,(H,24,26). The van der Waals surface area contributed by atoms with Gasteiger partial charge in [0.1, 0.15) is 22.0 Å². The number of piperidine rings is 1. The van der Waals surface area contributed by atoms with Crippen molar-refractivity contribution in [2.45, 2.75) is 48.9 Å². The van der Waals surface area contributed by atoms with Crippen molar-refractivity contribution in [2.24, 2.45) is 0 Å². The smallest absolute Gasteiger partial charge is 0.410 e. The first-order chi connectivity index (χ1) is 15.5. The summed E-state index contributed by atoms with van der Waals surface area (Å²) in [7, 11) is -4.35. The summed E-state index contributed by atoms with van der Waals surface area (Å²) in [5.74, 6) is -0.565. The van der Waals surface area contributed by atoms with Gasteiger partial charge in [0.25, 0.3) is 5.91 Å². The molecule has 0 unspecified atom stereocenters. The first-order valence-electron chi connectivity index (χ1n) is 10.5. The Bertz CT molecular complexity index is 1100. The van der Waals surface area contributed by atoms with Crippen LogP contribution in [0, 0.1) is 0 Å². The molecule has 178 valence electrons. The Morgan fingerprint density at radius 3 is 2.15 bits per heavy atom. The van der Waals surface area contributed by atoms with Crippen LogP contribution in [0.4, 0.5) is 4.79 Å². The molecule has 1 aliphatic rings. The summed E-state index contributed by atoms with van der Waals surface area (Å²) in [6.45, 7) is 5.11. The van der Waals surface area contributed by atoms with Gasteiger partial charge in [0.05, 0.1) is 0 Å². The lowest BCUT2D eigenvalue weighted by molar-refractivity contribution is -0.133. The molecule has 1 heterocycles. The van der Waals surface area contributed by atoms with Crippen molar-refractivity contribution in [1.82, 2.24) is 10.4 Å². The van der Waals surface area contributed by atoms with Gasteiger partial charge in [0.15, 0.2) is 14.6 Å². The third-order valence-corrected chi connectivity index (χ3v) is 7.90. The van der Waals surface area contributed by atoms with E-state index in [9.17, 15) is 23.2 Å². The number of para-hydroxylation sites is 2. The fourth-order valence-corrected chi connectivity index (χ4v) is 5.74. The molecule has 1 fully saturated rings. The van der Waals surface area contributed by atoms with E-state index in [1.807, 2.05) is 0 Å². The van der Waals surface area contributed by atoms with Crippen LogP contribution < -0.4 is 10.2 Å². The van der Waals surface area contributed by atoms with Crippen LogP contribution in [0.5, 0.6) is 11.5 Å². The van der Waals surface area contributed by atoms with Crippen molar-refractivity contribution in [3.63, 3.8) is 0 Å². The number of hydrogen-bond donors (Lipinski definition) is 2. The zero-order chi connectivity index (χ0) is 24.3. The highest BCUT2D eigenvalue weighted by Gasteiger charge is 2.54. The van der Waals surface area contributed by atoms with Gasteiger partial charge in [-0.1, -0.05) is 30.3 Å². The van der Waals surface area contributed by atoms with Crippen LogP contribution in [0.25, 0.3) is 0 Å². The van der Waals surface area contributed by atoms with E-state index in [0.717, 1.165) is 0 Å². The van der Waals surface area contributed by atoms with Gasteiger partial charge in [0.2, 0.25) is 0 Å². The van der Waals surface area contributed by atoms with Crippen molar-refractivity contribution in [2.75, 3.05) is 13.1 Å². The Morgan fingerprint density at radius 2 is 1.58 bits per heavy atom. The summed E-state index contributed by atoms with van der Waals surface area (Å²) in [4.78, 5) is 26.4. The summed E-state index contributed by atoms with van der Waals surface area (Å²) in [6.07, 6.45) is -1.04. The summed E-state index contributed by atoms with van der Waals surface area (Å²) in [6, 6.07) is 14.7. The minimum absolute atomic E-state index is 0.0384. The predicted molar refractivity (Wildman–Crippen MR) is 120 cm³/mol. The second kappa shape index (κ2) is 9.40. The van der Waals surface area contributed by atoms with Crippen molar-refractivity contribution in [3.05, 3.63) is 54.6 Å². The monoisotopic (exact) mass is 476 g/mol. The lowest BCUT2D eigenvalue weighted by atomic mass is 9.95. The van der Waals surface area contributed by atoms with E-state index in [0.29, 0.717) is 5.75 Å². The molecule has 0 saturated carbocycles. The third kappa shape index (κ3) is 5.12. The molecule has 1 saturated heterocycles. The van der Waals surface area contributed by atoms with Gasteiger partial charge < -0.3 is 14.4 Å². The molecule has 3 rings (SSSR count). The fourth-order valence-electron chi connectivity index (χ4n) is 3.68. The number of carbonyl (C=O) groups excluding carboxylic acids is 2. The second-order valence-corrected chi connectivity index (χ2v) is 11.0. The van der Waals surface area contributed by atoms with Crippen LogP contribution in [0.2, 0.25) is 0 Å². The molecule has 10 heteroatoms. The molecule has 0 aliphatic carbocycles. The van der Waals surface area contributed by atoms with Gasteiger partial charge in [-0.05, 0) is 57.9 Å². The first-order valence-corrected chi connectivity index (χ1v) is 12.0. The number of rotatable bonds is 5. The molecule has 9 nitrogen and oxygen atoms in total. The maximum absolute atomic E-state index is 13.8. The molecular weight excluding hydrogens is 448 g/mol. The summed E-state index contributed by atoms with van der Waals surface area (Å²) in [5.41, 5.74) is 0.795. The van der Waals surface area contributed by atoms with Gasteiger partial charge in [-0.3, -0.25) is 10.0 Å². The number of carbonyl (C=O) groups is 2. The molecule has 1 aliphatic heterocycles. The molecule has 2 aromatic carbocycles. The average molecular weight is 477 g/mol. The number of nitrogens with zero attached hydrogens (tertiary/aromatic N) is 1. The highest BCUT2D eigenvalue weighted by atomic mass is 32.2. The molecule has 0 bridgehead atoms. The van der Waals surface area contributed by atoms with Gasteiger partial charge >= 0.3 is 6.09 Å². The second-order valence-electron chi connectivity index (χ2n) is 8.77. The fraction of sp³-hybridized carbons (Fsp3) is 0.391. The quantitative estimate of drug-likeness (QED) is 0.500.